The van der Waals surface area contributed by atoms with Crippen molar-refractivity contribution in [1.82, 2.24) is 14.5 Å². The third-order valence-corrected chi connectivity index (χ3v) is 4.44. The zero-order valence-electron chi connectivity index (χ0n) is 12.3. The van der Waals surface area contributed by atoms with Crippen molar-refractivity contribution in [1.29, 1.82) is 0 Å². The van der Waals surface area contributed by atoms with E-state index in [0.717, 1.165) is 57.0 Å². The lowest BCUT2D eigenvalue weighted by molar-refractivity contribution is -0.139. The van der Waals surface area contributed by atoms with E-state index < -0.39 is 0 Å². The first-order valence-corrected chi connectivity index (χ1v) is 7.55. The number of ether oxygens (including phenoxy) is 1. The van der Waals surface area contributed by atoms with Crippen LogP contribution in [0.1, 0.15) is 43.2 Å². The van der Waals surface area contributed by atoms with E-state index in [4.69, 9.17) is 4.74 Å². The van der Waals surface area contributed by atoms with Gasteiger partial charge >= 0.3 is 0 Å². The molecule has 1 unspecified atom stereocenters. The van der Waals surface area contributed by atoms with Crippen LogP contribution in [0.15, 0.2) is 6.20 Å². The summed E-state index contributed by atoms with van der Waals surface area (Å²) in [4.78, 5) is 19.4. The summed E-state index contributed by atoms with van der Waals surface area (Å²) in [6.07, 6.45) is 5.86. The zero-order valence-corrected chi connectivity index (χ0v) is 12.3. The molecule has 1 aromatic rings. The van der Waals surface area contributed by atoms with Gasteiger partial charge in [0.15, 0.2) is 0 Å². The molecule has 0 aliphatic carbocycles. The maximum absolute atomic E-state index is 12.7. The molecule has 2 aliphatic heterocycles. The van der Waals surface area contributed by atoms with E-state index in [-0.39, 0.29) is 12.0 Å². The van der Waals surface area contributed by atoms with E-state index in [2.05, 4.69) is 14.5 Å². The van der Waals surface area contributed by atoms with Gasteiger partial charge in [-0.25, -0.2) is 4.98 Å². The topological polar surface area (TPSA) is 47.4 Å². The molecule has 2 aliphatic rings. The molecule has 110 valence electrons. The fourth-order valence-corrected chi connectivity index (χ4v) is 3.42. The monoisotopic (exact) mass is 277 g/mol. The van der Waals surface area contributed by atoms with E-state index in [0.29, 0.717) is 5.91 Å². The van der Waals surface area contributed by atoms with Gasteiger partial charge in [-0.2, -0.15) is 0 Å². The van der Waals surface area contributed by atoms with Crippen LogP contribution in [0.25, 0.3) is 0 Å². The highest BCUT2D eigenvalue weighted by Crippen LogP contribution is 2.33. The molecule has 5 nitrogen and oxygen atoms in total. The van der Waals surface area contributed by atoms with Crippen LogP contribution in [-0.2, 0) is 16.6 Å². The number of nitrogens with zero attached hydrogens (tertiary/aromatic N) is 3. The summed E-state index contributed by atoms with van der Waals surface area (Å²) in [6.45, 7) is 4.31. The molecule has 5 heteroatoms. The van der Waals surface area contributed by atoms with Crippen molar-refractivity contribution in [3.63, 3.8) is 0 Å². The lowest BCUT2D eigenvalue weighted by Crippen LogP contribution is -2.38. The Kier molecular flexibility index (Phi) is 3.78. The number of carbonyl (C=O) groups excluding carboxylic acids is 1. The summed E-state index contributed by atoms with van der Waals surface area (Å²) in [5, 5.41) is 0. The molecule has 0 spiro atoms. The smallest absolute Gasteiger partial charge is 0.226 e. The first kappa shape index (κ1) is 13.6. The summed E-state index contributed by atoms with van der Waals surface area (Å²) in [7, 11) is 2.02. The minimum Gasteiger partial charge on any atom is -0.381 e. The predicted octanol–water partition coefficient (Wildman–Crippen LogP) is 1.82. The van der Waals surface area contributed by atoms with Crippen molar-refractivity contribution >= 4 is 5.91 Å². The fraction of sp³-hybridized carbons (Fsp3) is 0.733. The maximum Gasteiger partial charge on any atom is 0.226 e. The number of aryl methyl sites for hydroxylation is 2. The molecule has 0 N–H and O–H groups in total. The van der Waals surface area contributed by atoms with Gasteiger partial charge in [-0.3, -0.25) is 4.79 Å². The Morgan fingerprint density at radius 3 is 2.75 bits per heavy atom. The van der Waals surface area contributed by atoms with E-state index in [1.54, 1.807) is 0 Å². The van der Waals surface area contributed by atoms with Crippen molar-refractivity contribution in [2.45, 2.75) is 38.6 Å². The molecule has 0 radical (unpaired) electrons. The van der Waals surface area contributed by atoms with E-state index in [1.807, 2.05) is 20.2 Å². The van der Waals surface area contributed by atoms with Gasteiger partial charge in [0.25, 0.3) is 0 Å². The Balaban J connectivity index is 1.78. The molecule has 0 saturated carbocycles. The molecule has 0 aromatic carbocycles. The standard InChI is InChI=1S/C15H23N3O2/c1-11-10-17(2)14(16-11)13-4-3-7-18(13)15(19)12-5-8-20-9-6-12/h10,12-13H,3-9H2,1-2H3. The third-order valence-electron chi connectivity index (χ3n) is 4.44. The van der Waals surface area contributed by atoms with Crippen LogP contribution >= 0.6 is 0 Å². The molecule has 1 aromatic heterocycles. The number of aromatic nitrogens is 2. The Hall–Kier alpha value is -1.36. The Bertz CT molecular complexity index is 491. The number of rotatable bonds is 2. The molecule has 1 amide bonds. The SMILES string of the molecule is Cc1cn(C)c(C2CCCN2C(=O)C2CCOCC2)n1. The van der Waals surface area contributed by atoms with E-state index in [9.17, 15) is 4.79 Å². The van der Waals surface area contributed by atoms with Gasteiger partial charge < -0.3 is 14.2 Å². The molecule has 2 fully saturated rings. The van der Waals surface area contributed by atoms with Gasteiger partial charge in [0, 0.05) is 38.9 Å². The Morgan fingerprint density at radius 1 is 1.35 bits per heavy atom. The normalized spacial score (nSPS) is 24.3. The third kappa shape index (κ3) is 2.46. The molecule has 0 bridgehead atoms. The largest absolute Gasteiger partial charge is 0.381 e. The molecule has 20 heavy (non-hydrogen) atoms. The number of amides is 1. The summed E-state index contributed by atoms with van der Waals surface area (Å²) in [5.74, 6) is 1.47. The van der Waals surface area contributed by atoms with Crippen LogP contribution in [0, 0.1) is 12.8 Å². The van der Waals surface area contributed by atoms with Gasteiger partial charge in [0.05, 0.1) is 11.7 Å². The fourth-order valence-electron chi connectivity index (χ4n) is 3.42. The minimum absolute atomic E-state index is 0.144. The van der Waals surface area contributed by atoms with Gasteiger partial charge in [0.2, 0.25) is 5.91 Å². The van der Waals surface area contributed by atoms with Crippen LogP contribution < -0.4 is 0 Å². The van der Waals surface area contributed by atoms with Gasteiger partial charge in [-0.05, 0) is 32.6 Å². The number of hydrogen-bond donors (Lipinski definition) is 0. The lowest BCUT2D eigenvalue weighted by atomic mass is 9.98. The van der Waals surface area contributed by atoms with Crippen LogP contribution in [0.4, 0.5) is 0 Å². The molecule has 1 atom stereocenters. The number of hydrogen-bond acceptors (Lipinski definition) is 3. The Labute approximate surface area is 119 Å². The highest BCUT2D eigenvalue weighted by molar-refractivity contribution is 5.79. The molecular formula is C15H23N3O2. The van der Waals surface area contributed by atoms with E-state index in [1.165, 1.54) is 0 Å². The number of imidazole rings is 1. The minimum atomic E-state index is 0.144. The average molecular weight is 277 g/mol. The predicted molar refractivity (Wildman–Crippen MR) is 75.2 cm³/mol. The highest BCUT2D eigenvalue weighted by atomic mass is 16.5. The maximum atomic E-state index is 12.7. The van der Waals surface area contributed by atoms with Crippen molar-refractivity contribution in [2.75, 3.05) is 19.8 Å². The van der Waals surface area contributed by atoms with Gasteiger partial charge in [-0.1, -0.05) is 0 Å². The molecule has 3 rings (SSSR count). The molecular weight excluding hydrogens is 254 g/mol. The van der Waals surface area contributed by atoms with Crippen LogP contribution in [-0.4, -0.2) is 40.1 Å². The highest BCUT2D eigenvalue weighted by Gasteiger charge is 2.36. The summed E-state index contributed by atoms with van der Waals surface area (Å²) in [6, 6.07) is 0.157. The second kappa shape index (κ2) is 5.56. The summed E-state index contributed by atoms with van der Waals surface area (Å²) < 4.78 is 7.42. The average Bonchev–Trinajstić information content (AvgIpc) is 3.05. The first-order valence-electron chi connectivity index (χ1n) is 7.55. The second-order valence-electron chi connectivity index (χ2n) is 5.93. The van der Waals surface area contributed by atoms with Crippen LogP contribution in [0.2, 0.25) is 0 Å². The van der Waals surface area contributed by atoms with Gasteiger partial charge in [0.1, 0.15) is 5.82 Å². The zero-order chi connectivity index (χ0) is 14.1. The summed E-state index contributed by atoms with van der Waals surface area (Å²) in [5.41, 5.74) is 1.02. The Morgan fingerprint density at radius 2 is 2.10 bits per heavy atom. The second-order valence-corrected chi connectivity index (χ2v) is 5.93. The van der Waals surface area contributed by atoms with Crippen molar-refractivity contribution in [2.24, 2.45) is 13.0 Å². The van der Waals surface area contributed by atoms with E-state index >= 15 is 0 Å². The van der Waals surface area contributed by atoms with Gasteiger partial charge in [-0.15, -0.1) is 0 Å². The van der Waals surface area contributed by atoms with Crippen LogP contribution in [0.5, 0.6) is 0 Å². The summed E-state index contributed by atoms with van der Waals surface area (Å²) >= 11 is 0. The molecule has 3 heterocycles. The number of carbonyl (C=O) groups is 1. The number of likely N-dealkylation sites (tertiary alicyclic amines) is 1. The first-order chi connectivity index (χ1) is 9.66. The lowest BCUT2D eigenvalue weighted by Gasteiger charge is -2.30. The van der Waals surface area contributed by atoms with Crippen molar-refractivity contribution in [3.05, 3.63) is 17.7 Å². The van der Waals surface area contributed by atoms with Crippen LogP contribution in [0.3, 0.4) is 0 Å². The quantitative estimate of drug-likeness (QED) is 0.828. The van der Waals surface area contributed by atoms with Crippen molar-refractivity contribution in [3.8, 4) is 0 Å². The molecule has 2 saturated heterocycles. The van der Waals surface area contributed by atoms with Crippen molar-refractivity contribution < 1.29 is 9.53 Å².